The minimum Gasteiger partial charge on any atom is -0.467 e. The summed E-state index contributed by atoms with van der Waals surface area (Å²) in [6.45, 7) is 0.324. The first-order chi connectivity index (χ1) is 12.0. The van der Waals surface area contributed by atoms with E-state index >= 15 is 0 Å². The lowest BCUT2D eigenvalue weighted by molar-refractivity contribution is 0.357. The summed E-state index contributed by atoms with van der Waals surface area (Å²) in [6.07, 6.45) is 0.422. The number of hydrogen-bond acceptors (Lipinski definition) is 3. The minimum absolute atomic E-state index is 0.242. The third kappa shape index (κ3) is 3.76. The Morgan fingerprint density at radius 3 is 2.20 bits per heavy atom. The topological polar surface area (TPSA) is 49.1 Å². The molecular weight excluding hydrogens is 328 g/mol. The molecule has 3 aromatic rings. The van der Waals surface area contributed by atoms with E-state index in [-0.39, 0.29) is 11.7 Å². The van der Waals surface area contributed by atoms with E-state index in [0.717, 1.165) is 17.2 Å². The fourth-order valence-corrected chi connectivity index (χ4v) is 2.66. The van der Waals surface area contributed by atoms with Gasteiger partial charge in [0.05, 0.1) is 13.7 Å². The molecule has 0 aliphatic carbocycles. The zero-order valence-electron chi connectivity index (χ0n) is 13.9. The highest BCUT2D eigenvalue weighted by Crippen LogP contribution is 2.15. The predicted octanol–water partition coefficient (Wildman–Crippen LogP) is 2.51. The normalized spacial score (nSPS) is 10.9. The number of hydrogen-bond donors (Lipinski definition) is 0. The third-order valence-corrected chi connectivity index (χ3v) is 3.85. The van der Waals surface area contributed by atoms with E-state index in [1.807, 2.05) is 24.3 Å². The molecule has 1 heterocycles. The Labute approximate surface area is 143 Å². The van der Waals surface area contributed by atoms with Crippen molar-refractivity contribution in [2.45, 2.75) is 13.0 Å². The van der Waals surface area contributed by atoms with Crippen molar-refractivity contribution in [3.63, 3.8) is 0 Å². The number of benzene rings is 2. The van der Waals surface area contributed by atoms with Crippen LogP contribution in [0, 0.1) is 11.6 Å². The number of aromatic nitrogens is 3. The molecule has 0 bridgehead atoms. The average Bonchev–Trinajstić information content (AvgIpc) is 2.83. The van der Waals surface area contributed by atoms with Crippen molar-refractivity contribution in [2.75, 3.05) is 7.11 Å². The summed E-state index contributed by atoms with van der Waals surface area (Å²) >= 11 is 0. The monoisotopic (exact) mass is 345 g/mol. The van der Waals surface area contributed by atoms with Crippen molar-refractivity contribution in [1.29, 1.82) is 0 Å². The third-order valence-electron chi connectivity index (χ3n) is 3.85. The van der Waals surface area contributed by atoms with Gasteiger partial charge < -0.3 is 4.74 Å². The number of ether oxygens (including phenoxy) is 1. The van der Waals surface area contributed by atoms with E-state index in [0.29, 0.717) is 18.5 Å². The lowest BCUT2D eigenvalue weighted by Gasteiger charge is -2.07. The van der Waals surface area contributed by atoms with Crippen LogP contribution < -0.4 is 10.4 Å². The Hall–Kier alpha value is -2.96. The molecule has 0 saturated heterocycles. The lowest BCUT2D eigenvalue weighted by Crippen LogP contribution is -2.23. The molecule has 0 N–H and O–H groups in total. The van der Waals surface area contributed by atoms with E-state index in [2.05, 4.69) is 5.10 Å². The maximum absolute atomic E-state index is 13.3. The van der Waals surface area contributed by atoms with E-state index in [1.165, 1.54) is 28.5 Å². The fraction of sp³-hybridized carbons (Fsp3) is 0.222. The van der Waals surface area contributed by atoms with Gasteiger partial charge in [-0.3, -0.25) is 0 Å². The Bertz CT molecular complexity index is 926. The van der Waals surface area contributed by atoms with Crippen molar-refractivity contribution in [1.82, 2.24) is 14.3 Å². The predicted molar refractivity (Wildman–Crippen MR) is 88.7 cm³/mol. The largest absolute Gasteiger partial charge is 0.467 e. The van der Waals surface area contributed by atoms with Crippen LogP contribution in [0.5, 0.6) is 6.01 Å². The van der Waals surface area contributed by atoms with Crippen molar-refractivity contribution < 1.29 is 13.5 Å². The molecule has 0 radical (unpaired) electrons. The van der Waals surface area contributed by atoms with Gasteiger partial charge in [-0.05, 0) is 35.2 Å². The molecule has 0 amide bonds. The van der Waals surface area contributed by atoms with Crippen molar-refractivity contribution in [3.05, 3.63) is 81.3 Å². The molecule has 1 aromatic heterocycles. The Balaban J connectivity index is 1.78. The second kappa shape index (κ2) is 6.88. The zero-order valence-corrected chi connectivity index (χ0v) is 13.9. The van der Waals surface area contributed by atoms with Gasteiger partial charge in [0.2, 0.25) is 0 Å². The van der Waals surface area contributed by atoms with Crippen LogP contribution in [-0.2, 0) is 20.0 Å². The summed E-state index contributed by atoms with van der Waals surface area (Å²) in [5.41, 5.74) is 2.10. The molecule has 130 valence electrons. The van der Waals surface area contributed by atoms with Gasteiger partial charge in [-0.2, -0.15) is 0 Å². The number of methoxy groups -OCH3 is 1. The highest BCUT2D eigenvalue weighted by atomic mass is 19.1. The molecule has 7 heteroatoms. The van der Waals surface area contributed by atoms with Crippen molar-refractivity contribution in [2.24, 2.45) is 7.05 Å². The molecule has 0 spiro atoms. The molecule has 0 aliphatic rings. The first-order valence-electron chi connectivity index (χ1n) is 7.67. The van der Waals surface area contributed by atoms with Gasteiger partial charge >= 0.3 is 11.7 Å². The van der Waals surface area contributed by atoms with Crippen LogP contribution in [0.15, 0.2) is 47.3 Å². The van der Waals surface area contributed by atoms with Gasteiger partial charge in [-0.15, -0.1) is 5.10 Å². The minimum atomic E-state index is -0.588. The van der Waals surface area contributed by atoms with Gasteiger partial charge in [0.15, 0.2) is 0 Å². The molecule has 3 rings (SSSR count). The molecular formula is C18H17F2N3O2. The Kier molecular flexibility index (Phi) is 4.65. The number of nitrogens with zero attached hydrogens (tertiary/aromatic N) is 3. The standard InChI is InChI=1S/C18H17F2N3O2/c1-22-18(24)23(17(21-22)25-2)11-13-5-3-12(4-6-13)7-14-8-15(19)10-16(20)9-14/h3-6,8-10H,7,11H2,1-2H3. The van der Waals surface area contributed by atoms with Gasteiger partial charge in [0.1, 0.15) is 11.6 Å². The molecule has 0 atom stereocenters. The molecule has 0 aliphatic heterocycles. The van der Waals surface area contributed by atoms with Gasteiger partial charge in [-0.1, -0.05) is 24.3 Å². The summed E-state index contributed by atoms with van der Waals surface area (Å²) in [5.74, 6) is -1.18. The molecule has 0 saturated carbocycles. The van der Waals surface area contributed by atoms with Crippen LogP contribution in [0.25, 0.3) is 0 Å². The van der Waals surface area contributed by atoms with Crippen LogP contribution in [0.1, 0.15) is 16.7 Å². The van der Waals surface area contributed by atoms with Crippen LogP contribution in [-0.4, -0.2) is 21.5 Å². The van der Waals surface area contributed by atoms with Crippen LogP contribution in [0.4, 0.5) is 8.78 Å². The second-order valence-corrected chi connectivity index (χ2v) is 5.75. The first kappa shape index (κ1) is 16.9. The quantitative estimate of drug-likeness (QED) is 0.714. The summed E-state index contributed by atoms with van der Waals surface area (Å²) in [5, 5.41) is 3.99. The number of halogens is 2. The van der Waals surface area contributed by atoms with Crippen molar-refractivity contribution in [3.8, 4) is 6.01 Å². The first-order valence-corrected chi connectivity index (χ1v) is 7.67. The Morgan fingerprint density at radius 2 is 1.60 bits per heavy atom. The summed E-state index contributed by atoms with van der Waals surface area (Å²) in [7, 11) is 3.02. The second-order valence-electron chi connectivity index (χ2n) is 5.75. The molecule has 0 unspecified atom stereocenters. The van der Waals surface area contributed by atoms with E-state index in [9.17, 15) is 13.6 Å². The average molecular weight is 345 g/mol. The fourth-order valence-electron chi connectivity index (χ4n) is 2.66. The number of rotatable bonds is 5. The van der Waals surface area contributed by atoms with Crippen molar-refractivity contribution >= 4 is 0 Å². The SMILES string of the molecule is COc1nn(C)c(=O)n1Cc1ccc(Cc2cc(F)cc(F)c2)cc1. The van der Waals surface area contributed by atoms with Gasteiger partial charge in [0, 0.05) is 13.1 Å². The highest BCUT2D eigenvalue weighted by molar-refractivity contribution is 5.29. The zero-order chi connectivity index (χ0) is 18.0. The maximum atomic E-state index is 13.3. The van der Waals surface area contributed by atoms with E-state index in [1.54, 1.807) is 7.05 Å². The maximum Gasteiger partial charge on any atom is 0.348 e. The van der Waals surface area contributed by atoms with Gasteiger partial charge in [0.25, 0.3) is 0 Å². The smallest absolute Gasteiger partial charge is 0.348 e. The van der Waals surface area contributed by atoms with Crippen LogP contribution >= 0.6 is 0 Å². The molecule has 25 heavy (non-hydrogen) atoms. The molecule has 5 nitrogen and oxygen atoms in total. The summed E-state index contributed by atoms with van der Waals surface area (Å²) in [4.78, 5) is 12.0. The van der Waals surface area contributed by atoms with Gasteiger partial charge in [-0.25, -0.2) is 22.8 Å². The molecule has 0 fully saturated rings. The highest BCUT2D eigenvalue weighted by Gasteiger charge is 2.11. The van der Waals surface area contributed by atoms with Crippen LogP contribution in [0.2, 0.25) is 0 Å². The van der Waals surface area contributed by atoms with Crippen LogP contribution in [0.3, 0.4) is 0 Å². The lowest BCUT2D eigenvalue weighted by atomic mass is 10.0. The molecule has 2 aromatic carbocycles. The Morgan fingerprint density at radius 1 is 1.00 bits per heavy atom. The van der Waals surface area contributed by atoms with E-state index in [4.69, 9.17) is 4.74 Å². The number of aryl methyl sites for hydroxylation is 1. The summed E-state index contributed by atoms with van der Waals surface area (Å²) < 4.78 is 34.3. The summed E-state index contributed by atoms with van der Waals surface area (Å²) in [6, 6.07) is 11.2. The van der Waals surface area contributed by atoms with E-state index < -0.39 is 11.6 Å².